The number of hydrogen-bond donors (Lipinski definition) is 0. The lowest BCUT2D eigenvalue weighted by Crippen LogP contribution is -2.39. The van der Waals surface area contributed by atoms with Gasteiger partial charge in [-0.25, -0.2) is 0 Å². The summed E-state index contributed by atoms with van der Waals surface area (Å²) in [7, 11) is 0. The molecule has 2 unspecified atom stereocenters. The van der Waals surface area contributed by atoms with Crippen molar-refractivity contribution in [1.82, 2.24) is 0 Å². The van der Waals surface area contributed by atoms with Crippen LogP contribution in [0, 0.1) is 17.8 Å². The van der Waals surface area contributed by atoms with Gasteiger partial charge in [0.05, 0.1) is 5.69 Å². The molecule has 1 amide bonds. The molecule has 2 aliphatic carbocycles. The van der Waals surface area contributed by atoms with E-state index in [0.29, 0.717) is 30.4 Å². The molecule has 1 aliphatic heterocycles. The number of rotatable bonds is 1. The normalized spacial score (nSPS) is 31.9. The fraction of sp³-hybridized carbons (Fsp3) is 0.500. The third kappa shape index (κ3) is 1.57. The molecule has 3 aliphatic rings. The molecule has 3 nitrogen and oxygen atoms in total. The Morgan fingerprint density at radius 3 is 2.68 bits per heavy atom. The Morgan fingerprint density at radius 2 is 1.89 bits per heavy atom. The molecule has 0 bridgehead atoms. The van der Waals surface area contributed by atoms with Crippen LogP contribution in [0.3, 0.4) is 0 Å². The number of hydrogen-bond acceptors (Lipinski definition) is 2. The van der Waals surface area contributed by atoms with Crippen molar-refractivity contribution in [3.8, 4) is 0 Å². The van der Waals surface area contributed by atoms with E-state index in [4.69, 9.17) is 0 Å². The molecule has 1 aromatic carbocycles. The number of anilines is 1. The van der Waals surface area contributed by atoms with E-state index in [1.54, 1.807) is 0 Å². The van der Waals surface area contributed by atoms with Gasteiger partial charge in [0.15, 0.2) is 5.78 Å². The Bertz CT molecular complexity index is 556. The third-order valence-electron chi connectivity index (χ3n) is 5.02. The van der Waals surface area contributed by atoms with Gasteiger partial charge in [-0.15, -0.1) is 0 Å². The lowest BCUT2D eigenvalue weighted by molar-refractivity contribution is -0.120. The van der Waals surface area contributed by atoms with Crippen molar-refractivity contribution in [2.24, 2.45) is 17.8 Å². The minimum Gasteiger partial charge on any atom is -0.311 e. The van der Waals surface area contributed by atoms with Crippen molar-refractivity contribution < 1.29 is 9.59 Å². The highest BCUT2D eigenvalue weighted by atomic mass is 16.2. The summed E-state index contributed by atoms with van der Waals surface area (Å²) in [6, 6.07) is 7.52. The number of carbonyl (C=O) groups excluding carboxylic acids is 2. The molecule has 4 rings (SSSR count). The summed E-state index contributed by atoms with van der Waals surface area (Å²) in [5, 5.41) is 0. The van der Waals surface area contributed by atoms with Crippen molar-refractivity contribution in [2.75, 3.05) is 11.4 Å². The van der Waals surface area contributed by atoms with Crippen LogP contribution < -0.4 is 4.90 Å². The summed E-state index contributed by atoms with van der Waals surface area (Å²) in [5.74, 6) is 1.94. The van der Waals surface area contributed by atoms with Crippen molar-refractivity contribution in [1.29, 1.82) is 0 Å². The molecule has 1 heterocycles. The highest BCUT2D eigenvalue weighted by Gasteiger charge is 2.57. The molecule has 0 radical (unpaired) electrons. The molecule has 3 heteroatoms. The van der Waals surface area contributed by atoms with E-state index >= 15 is 0 Å². The molecule has 0 spiro atoms. The number of nitrogens with zero attached hydrogens (tertiary/aromatic N) is 1. The van der Waals surface area contributed by atoms with Crippen LogP contribution in [0.4, 0.5) is 5.69 Å². The van der Waals surface area contributed by atoms with E-state index < -0.39 is 0 Å². The van der Waals surface area contributed by atoms with Crippen molar-refractivity contribution >= 4 is 17.4 Å². The van der Waals surface area contributed by atoms with Crippen LogP contribution in [-0.2, 0) is 4.79 Å². The lowest BCUT2D eigenvalue weighted by atomic mass is 9.99. The highest BCUT2D eigenvalue weighted by molar-refractivity contribution is 6.09. The molecule has 1 aromatic rings. The molecule has 2 saturated carbocycles. The van der Waals surface area contributed by atoms with Crippen LogP contribution in [0.25, 0.3) is 0 Å². The largest absolute Gasteiger partial charge is 0.311 e. The fourth-order valence-corrected chi connectivity index (χ4v) is 4.01. The molecule has 19 heavy (non-hydrogen) atoms. The van der Waals surface area contributed by atoms with Crippen molar-refractivity contribution in [2.45, 2.75) is 25.7 Å². The zero-order valence-corrected chi connectivity index (χ0v) is 10.8. The summed E-state index contributed by atoms with van der Waals surface area (Å²) in [4.78, 5) is 26.4. The average molecular weight is 255 g/mol. The first-order valence-electron chi connectivity index (χ1n) is 7.21. The smallest absolute Gasteiger partial charge is 0.230 e. The second-order valence-electron chi connectivity index (χ2n) is 5.96. The predicted octanol–water partition coefficient (Wildman–Crippen LogP) is 2.65. The first kappa shape index (κ1) is 11.2. The second kappa shape index (κ2) is 3.92. The summed E-state index contributed by atoms with van der Waals surface area (Å²) in [6.07, 6.45) is 4.18. The predicted molar refractivity (Wildman–Crippen MR) is 72.1 cm³/mol. The standard InChI is InChI=1S/C16H17NO2/c18-14-8-9-17(13-7-2-1-4-12(13)14)16(19)15-10-5-3-6-11(10)15/h1-2,4,7,10-11,15H,3,5-6,8-9H2. The van der Waals surface area contributed by atoms with Gasteiger partial charge in [-0.2, -0.15) is 0 Å². The number of para-hydroxylation sites is 1. The maximum atomic E-state index is 12.7. The van der Waals surface area contributed by atoms with Gasteiger partial charge in [-0.05, 0) is 36.8 Å². The van der Waals surface area contributed by atoms with Gasteiger partial charge in [-0.1, -0.05) is 18.6 Å². The molecule has 2 atom stereocenters. The minimum atomic E-state index is 0.163. The Morgan fingerprint density at radius 1 is 1.16 bits per heavy atom. The molecule has 0 aromatic heterocycles. The van der Waals surface area contributed by atoms with E-state index in [1.807, 2.05) is 29.2 Å². The lowest BCUT2D eigenvalue weighted by Gasteiger charge is -2.29. The fourth-order valence-electron chi connectivity index (χ4n) is 4.01. The van der Waals surface area contributed by atoms with Gasteiger partial charge in [0.25, 0.3) is 0 Å². The average Bonchev–Trinajstić information content (AvgIpc) is 2.92. The maximum Gasteiger partial charge on any atom is 0.230 e. The minimum absolute atomic E-state index is 0.163. The molecular formula is C16H17NO2. The number of amides is 1. The van der Waals surface area contributed by atoms with Crippen molar-refractivity contribution in [3.63, 3.8) is 0 Å². The maximum absolute atomic E-state index is 12.7. The van der Waals surface area contributed by atoms with Crippen LogP contribution in [0.5, 0.6) is 0 Å². The monoisotopic (exact) mass is 255 g/mol. The summed E-state index contributed by atoms with van der Waals surface area (Å²) in [6.45, 7) is 0.560. The Labute approximate surface area is 112 Å². The van der Waals surface area contributed by atoms with Crippen LogP contribution in [0.15, 0.2) is 24.3 Å². The Kier molecular flexibility index (Phi) is 2.32. The molecule has 0 N–H and O–H groups in total. The van der Waals surface area contributed by atoms with E-state index in [0.717, 1.165) is 5.69 Å². The van der Waals surface area contributed by atoms with E-state index in [2.05, 4.69) is 0 Å². The van der Waals surface area contributed by atoms with Crippen molar-refractivity contribution in [3.05, 3.63) is 29.8 Å². The Hall–Kier alpha value is -1.64. The van der Waals surface area contributed by atoms with Gasteiger partial charge in [0.2, 0.25) is 5.91 Å². The van der Waals surface area contributed by atoms with E-state index in [1.165, 1.54) is 19.3 Å². The van der Waals surface area contributed by atoms with Gasteiger partial charge >= 0.3 is 0 Å². The number of benzene rings is 1. The second-order valence-corrected chi connectivity index (χ2v) is 5.96. The van der Waals surface area contributed by atoms with Gasteiger partial charge in [0, 0.05) is 24.4 Å². The molecule has 0 saturated heterocycles. The summed E-state index contributed by atoms with van der Waals surface area (Å²) < 4.78 is 0. The molecule has 2 fully saturated rings. The topological polar surface area (TPSA) is 37.4 Å². The zero-order valence-electron chi connectivity index (χ0n) is 10.8. The first-order chi connectivity index (χ1) is 9.27. The molecule has 98 valence electrons. The quantitative estimate of drug-likeness (QED) is 0.773. The molecular weight excluding hydrogens is 238 g/mol. The zero-order chi connectivity index (χ0) is 13.0. The SMILES string of the molecule is O=C1CCN(C(=O)C2C3CCCC32)c2ccccc21. The van der Waals surface area contributed by atoms with Crippen LogP contribution in [0.1, 0.15) is 36.0 Å². The summed E-state index contributed by atoms with van der Waals surface area (Å²) >= 11 is 0. The van der Waals surface area contributed by atoms with Gasteiger partial charge in [0.1, 0.15) is 0 Å². The van der Waals surface area contributed by atoms with E-state index in [9.17, 15) is 9.59 Å². The Balaban J connectivity index is 1.64. The van der Waals surface area contributed by atoms with E-state index in [-0.39, 0.29) is 17.6 Å². The van der Waals surface area contributed by atoms with Crippen LogP contribution in [-0.4, -0.2) is 18.2 Å². The first-order valence-corrected chi connectivity index (χ1v) is 7.21. The number of fused-ring (bicyclic) bond motifs is 2. The number of Topliss-reactive ketones (excluding diaryl/α,β-unsaturated/α-hetero) is 1. The number of carbonyl (C=O) groups is 2. The van der Waals surface area contributed by atoms with Gasteiger partial charge in [-0.3, -0.25) is 9.59 Å². The summed E-state index contributed by atoms with van der Waals surface area (Å²) in [5.41, 5.74) is 1.54. The highest BCUT2D eigenvalue weighted by Crippen LogP contribution is 2.58. The number of ketones is 1. The third-order valence-corrected chi connectivity index (χ3v) is 5.02. The van der Waals surface area contributed by atoms with Crippen LogP contribution >= 0.6 is 0 Å². The van der Waals surface area contributed by atoms with Crippen LogP contribution in [0.2, 0.25) is 0 Å². The van der Waals surface area contributed by atoms with Gasteiger partial charge < -0.3 is 4.90 Å².